The third-order valence-electron chi connectivity index (χ3n) is 3.12. The fourth-order valence-corrected chi connectivity index (χ4v) is 2.39. The van der Waals surface area contributed by atoms with Crippen molar-refractivity contribution < 1.29 is 0 Å². The van der Waals surface area contributed by atoms with Gasteiger partial charge in [-0.25, -0.2) is 0 Å². The maximum atomic E-state index is 6.25. The van der Waals surface area contributed by atoms with Gasteiger partial charge in [0.15, 0.2) is 0 Å². The van der Waals surface area contributed by atoms with Crippen LogP contribution in [0.25, 0.3) is 0 Å². The highest BCUT2D eigenvalue weighted by Crippen LogP contribution is 2.19. The number of nitrogens with two attached hydrogens (primary N) is 1. The molecule has 3 nitrogen and oxygen atoms in total. The molecule has 0 bridgehead atoms. The van der Waals surface area contributed by atoms with Gasteiger partial charge in [-0.2, -0.15) is 0 Å². The van der Waals surface area contributed by atoms with Gasteiger partial charge in [0, 0.05) is 23.5 Å². The molecule has 2 aromatic rings. The molecule has 100 valence electrons. The zero-order valence-electron chi connectivity index (χ0n) is 10.9. The Hall–Kier alpha value is -1.42. The van der Waals surface area contributed by atoms with Crippen molar-refractivity contribution in [3.8, 4) is 0 Å². The molecule has 0 amide bonds. The number of hydrogen-bond donors (Lipinski definition) is 2. The first-order valence-corrected chi connectivity index (χ1v) is 6.67. The zero-order valence-corrected chi connectivity index (χ0v) is 11.7. The van der Waals surface area contributed by atoms with Gasteiger partial charge in [-0.1, -0.05) is 29.8 Å². The van der Waals surface area contributed by atoms with Crippen molar-refractivity contribution in [3.63, 3.8) is 0 Å². The van der Waals surface area contributed by atoms with Gasteiger partial charge in [-0.3, -0.25) is 16.3 Å². The van der Waals surface area contributed by atoms with Crippen LogP contribution in [0, 0.1) is 6.92 Å². The molecule has 3 N–H and O–H groups in total. The lowest BCUT2D eigenvalue weighted by atomic mass is 9.99. The first-order chi connectivity index (χ1) is 9.19. The van der Waals surface area contributed by atoms with Crippen LogP contribution in [0.4, 0.5) is 0 Å². The summed E-state index contributed by atoms with van der Waals surface area (Å²) in [5, 5.41) is 0.798. The quantitative estimate of drug-likeness (QED) is 0.652. The fraction of sp³-hybridized carbons (Fsp3) is 0.267. The Kier molecular flexibility index (Phi) is 4.91. The molecular weight excluding hydrogens is 258 g/mol. The maximum absolute atomic E-state index is 6.25. The Bertz CT molecular complexity index is 528. The molecule has 0 aliphatic rings. The Morgan fingerprint density at radius 1 is 1.32 bits per heavy atom. The van der Waals surface area contributed by atoms with Crippen molar-refractivity contribution in [2.24, 2.45) is 5.84 Å². The Labute approximate surface area is 118 Å². The minimum atomic E-state index is 0.143. The minimum Gasteiger partial charge on any atom is -0.271 e. The Morgan fingerprint density at radius 3 is 2.79 bits per heavy atom. The molecule has 0 saturated heterocycles. The van der Waals surface area contributed by atoms with Crippen LogP contribution in [-0.4, -0.2) is 11.0 Å². The number of hydrazine groups is 1. The standard InChI is InChI=1S/C15H18ClN3/c1-11-4-5-13(15(16)7-11)9-14(19-17)8-12-3-2-6-18-10-12/h2-7,10,14,19H,8-9,17H2,1H3. The summed E-state index contributed by atoms with van der Waals surface area (Å²) in [7, 11) is 0. The molecule has 0 aliphatic carbocycles. The summed E-state index contributed by atoms with van der Waals surface area (Å²) in [6.45, 7) is 2.03. The first-order valence-electron chi connectivity index (χ1n) is 6.29. The smallest absolute Gasteiger partial charge is 0.0441 e. The van der Waals surface area contributed by atoms with E-state index < -0.39 is 0 Å². The summed E-state index contributed by atoms with van der Waals surface area (Å²) < 4.78 is 0. The van der Waals surface area contributed by atoms with Crippen LogP contribution >= 0.6 is 11.6 Å². The second kappa shape index (κ2) is 6.66. The van der Waals surface area contributed by atoms with E-state index in [0.29, 0.717) is 0 Å². The average Bonchev–Trinajstić information content (AvgIpc) is 2.42. The molecule has 1 aromatic heterocycles. The molecule has 0 spiro atoms. The van der Waals surface area contributed by atoms with Gasteiger partial charge in [-0.15, -0.1) is 0 Å². The SMILES string of the molecule is Cc1ccc(CC(Cc2cccnc2)NN)c(Cl)c1. The molecule has 0 radical (unpaired) electrons. The van der Waals surface area contributed by atoms with Crippen LogP contribution in [-0.2, 0) is 12.8 Å². The third-order valence-corrected chi connectivity index (χ3v) is 3.47. The van der Waals surface area contributed by atoms with Crippen molar-refractivity contribution in [1.29, 1.82) is 0 Å². The Balaban J connectivity index is 2.06. The number of benzene rings is 1. The lowest BCUT2D eigenvalue weighted by Crippen LogP contribution is -2.38. The zero-order chi connectivity index (χ0) is 13.7. The molecule has 0 fully saturated rings. The highest BCUT2D eigenvalue weighted by atomic mass is 35.5. The lowest BCUT2D eigenvalue weighted by Gasteiger charge is -2.17. The number of aromatic nitrogens is 1. The Morgan fingerprint density at radius 2 is 2.16 bits per heavy atom. The van der Waals surface area contributed by atoms with Crippen LogP contribution < -0.4 is 11.3 Å². The van der Waals surface area contributed by atoms with E-state index in [2.05, 4.69) is 22.5 Å². The summed E-state index contributed by atoms with van der Waals surface area (Å²) in [5.41, 5.74) is 6.29. The summed E-state index contributed by atoms with van der Waals surface area (Å²) in [4.78, 5) is 4.11. The number of aryl methyl sites for hydroxylation is 1. The molecule has 1 atom stereocenters. The van der Waals surface area contributed by atoms with Gasteiger partial charge in [0.05, 0.1) is 0 Å². The largest absolute Gasteiger partial charge is 0.271 e. The third kappa shape index (κ3) is 4.03. The van der Waals surface area contributed by atoms with E-state index in [1.165, 1.54) is 5.56 Å². The predicted molar refractivity (Wildman–Crippen MR) is 78.9 cm³/mol. The molecule has 0 saturated carbocycles. The van der Waals surface area contributed by atoms with E-state index in [1.807, 2.05) is 31.3 Å². The highest BCUT2D eigenvalue weighted by Gasteiger charge is 2.11. The summed E-state index contributed by atoms with van der Waals surface area (Å²) in [6, 6.07) is 10.2. The summed E-state index contributed by atoms with van der Waals surface area (Å²) in [5.74, 6) is 5.63. The van der Waals surface area contributed by atoms with Crippen molar-refractivity contribution in [2.45, 2.75) is 25.8 Å². The van der Waals surface area contributed by atoms with Crippen LogP contribution in [0.15, 0.2) is 42.7 Å². The number of nitrogens with zero attached hydrogens (tertiary/aromatic N) is 1. The van der Waals surface area contributed by atoms with Gasteiger partial charge in [0.1, 0.15) is 0 Å². The predicted octanol–water partition coefficient (Wildman–Crippen LogP) is 2.66. The van der Waals surface area contributed by atoms with Crippen LogP contribution in [0.1, 0.15) is 16.7 Å². The fourth-order valence-electron chi connectivity index (χ4n) is 2.08. The summed E-state index contributed by atoms with van der Waals surface area (Å²) in [6.07, 6.45) is 5.26. The van der Waals surface area contributed by atoms with Crippen molar-refractivity contribution in [3.05, 3.63) is 64.4 Å². The van der Waals surface area contributed by atoms with Gasteiger partial charge in [0.2, 0.25) is 0 Å². The average molecular weight is 276 g/mol. The number of hydrogen-bond acceptors (Lipinski definition) is 3. The van der Waals surface area contributed by atoms with Gasteiger partial charge < -0.3 is 0 Å². The van der Waals surface area contributed by atoms with Crippen molar-refractivity contribution >= 4 is 11.6 Å². The molecule has 1 unspecified atom stereocenters. The molecule has 0 aliphatic heterocycles. The van der Waals surface area contributed by atoms with Gasteiger partial charge in [-0.05, 0) is 48.6 Å². The van der Waals surface area contributed by atoms with Crippen molar-refractivity contribution in [1.82, 2.24) is 10.4 Å². The number of halogens is 1. The van der Waals surface area contributed by atoms with E-state index in [-0.39, 0.29) is 6.04 Å². The van der Waals surface area contributed by atoms with E-state index >= 15 is 0 Å². The van der Waals surface area contributed by atoms with E-state index in [9.17, 15) is 0 Å². The van der Waals surface area contributed by atoms with E-state index in [1.54, 1.807) is 6.20 Å². The highest BCUT2D eigenvalue weighted by molar-refractivity contribution is 6.31. The normalized spacial score (nSPS) is 12.4. The summed E-state index contributed by atoms with van der Waals surface area (Å²) >= 11 is 6.25. The second-order valence-corrected chi connectivity index (χ2v) is 5.14. The molecule has 4 heteroatoms. The van der Waals surface area contributed by atoms with E-state index in [4.69, 9.17) is 17.4 Å². The maximum Gasteiger partial charge on any atom is 0.0441 e. The second-order valence-electron chi connectivity index (χ2n) is 4.73. The van der Waals surface area contributed by atoms with Crippen LogP contribution in [0.5, 0.6) is 0 Å². The van der Waals surface area contributed by atoms with Crippen molar-refractivity contribution in [2.75, 3.05) is 0 Å². The van der Waals surface area contributed by atoms with Crippen LogP contribution in [0.2, 0.25) is 5.02 Å². The van der Waals surface area contributed by atoms with Gasteiger partial charge in [0.25, 0.3) is 0 Å². The molecule has 19 heavy (non-hydrogen) atoms. The lowest BCUT2D eigenvalue weighted by molar-refractivity contribution is 0.522. The topological polar surface area (TPSA) is 50.9 Å². The molecule has 1 aromatic carbocycles. The van der Waals surface area contributed by atoms with Gasteiger partial charge >= 0.3 is 0 Å². The van der Waals surface area contributed by atoms with Crippen LogP contribution in [0.3, 0.4) is 0 Å². The van der Waals surface area contributed by atoms with E-state index in [0.717, 1.165) is 29.0 Å². The molecule has 1 heterocycles. The monoisotopic (exact) mass is 275 g/mol. The number of pyridine rings is 1. The minimum absolute atomic E-state index is 0.143. The number of nitrogens with one attached hydrogen (secondary N) is 1. The number of rotatable bonds is 5. The molecular formula is C15H18ClN3. The first kappa shape index (κ1) is 14.0. The molecule has 2 rings (SSSR count).